The summed E-state index contributed by atoms with van der Waals surface area (Å²) in [5.74, 6) is 0.707. The van der Waals surface area contributed by atoms with E-state index < -0.39 is 0 Å². The quantitative estimate of drug-likeness (QED) is 0.597. The number of hydrogen-bond acceptors (Lipinski definition) is 4. The number of nitrogens with zero attached hydrogens (tertiary/aromatic N) is 1. The molecular weight excluding hydrogens is 192 g/mol. The lowest BCUT2D eigenvalue weighted by Gasteiger charge is -2.17. The lowest BCUT2D eigenvalue weighted by atomic mass is 10.2. The van der Waals surface area contributed by atoms with Crippen LogP contribution in [0, 0.1) is 0 Å². The zero-order valence-electron chi connectivity index (χ0n) is 9.49. The van der Waals surface area contributed by atoms with Gasteiger partial charge in [-0.3, -0.25) is 9.90 Å². The van der Waals surface area contributed by atoms with E-state index in [9.17, 15) is 0 Å². The van der Waals surface area contributed by atoms with Crippen molar-refractivity contribution in [3.05, 3.63) is 18.2 Å². The van der Waals surface area contributed by atoms with E-state index in [0.29, 0.717) is 18.0 Å². The molecule has 0 spiro atoms. The van der Waals surface area contributed by atoms with E-state index in [2.05, 4.69) is 6.92 Å². The first-order valence-corrected chi connectivity index (χ1v) is 4.99. The second-order valence-corrected chi connectivity index (χ2v) is 3.25. The third-order valence-corrected chi connectivity index (χ3v) is 2.10. The molecule has 0 amide bonds. The van der Waals surface area contributed by atoms with Crippen molar-refractivity contribution in [2.24, 2.45) is 0 Å². The second-order valence-electron chi connectivity index (χ2n) is 3.25. The smallest absolute Gasteiger partial charge is 0.144 e. The molecule has 1 rings (SSSR count). The number of hydrogen-bond donors (Lipinski definition) is 1. The van der Waals surface area contributed by atoms with E-state index in [0.717, 1.165) is 12.1 Å². The molecule has 0 radical (unpaired) electrons. The fourth-order valence-electron chi connectivity index (χ4n) is 1.16. The van der Waals surface area contributed by atoms with Crippen LogP contribution in [0.4, 0.5) is 11.4 Å². The summed E-state index contributed by atoms with van der Waals surface area (Å²) >= 11 is 0. The van der Waals surface area contributed by atoms with Crippen LogP contribution in [-0.2, 0) is 4.84 Å². The third kappa shape index (κ3) is 3.02. The van der Waals surface area contributed by atoms with Crippen molar-refractivity contribution in [3.63, 3.8) is 0 Å². The minimum Gasteiger partial charge on any atom is -0.491 e. The molecule has 2 N–H and O–H groups in total. The molecule has 0 saturated carbocycles. The number of nitrogens with two attached hydrogens (primary N) is 1. The molecule has 0 heterocycles. The summed E-state index contributed by atoms with van der Waals surface area (Å²) in [6.45, 7) is 2.73. The Kier molecular flexibility index (Phi) is 4.24. The molecule has 0 aliphatic rings. The Labute approximate surface area is 90.5 Å². The Hall–Kier alpha value is -1.42. The molecule has 0 unspecified atom stereocenters. The van der Waals surface area contributed by atoms with Crippen LogP contribution >= 0.6 is 0 Å². The van der Waals surface area contributed by atoms with Gasteiger partial charge in [0, 0.05) is 13.1 Å². The van der Waals surface area contributed by atoms with Crippen LogP contribution in [0.25, 0.3) is 0 Å². The van der Waals surface area contributed by atoms with Gasteiger partial charge < -0.3 is 10.5 Å². The Bertz CT molecular complexity index is 315. The maximum Gasteiger partial charge on any atom is 0.144 e. The maximum absolute atomic E-state index is 5.79. The van der Waals surface area contributed by atoms with Crippen LogP contribution < -0.4 is 15.5 Å². The highest BCUT2D eigenvalue weighted by molar-refractivity contribution is 5.61. The highest BCUT2D eigenvalue weighted by Crippen LogP contribution is 2.27. The van der Waals surface area contributed by atoms with Crippen LogP contribution in [-0.4, -0.2) is 20.8 Å². The fraction of sp³-hybridized carbons (Fsp3) is 0.455. The Morgan fingerprint density at radius 2 is 2.13 bits per heavy atom. The standard InChI is InChI=1S/C11H18N2O2/c1-4-7-15-11-8-9(13(2)14-3)5-6-10(11)12/h5-6,8H,4,7,12H2,1-3H3. The number of ether oxygens (including phenoxy) is 1. The molecule has 0 aliphatic carbocycles. The number of nitrogen functional groups attached to an aromatic ring is 1. The first kappa shape index (κ1) is 11.7. The lowest BCUT2D eigenvalue weighted by molar-refractivity contribution is 0.184. The van der Waals surface area contributed by atoms with Gasteiger partial charge in [-0.2, -0.15) is 0 Å². The van der Waals surface area contributed by atoms with E-state index in [1.807, 2.05) is 25.2 Å². The SMILES string of the molecule is CCCOc1cc(N(C)OC)ccc1N. The summed E-state index contributed by atoms with van der Waals surface area (Å²) in [6, 6.07) is 5.57. The molecule has 0 saturated heterocycles. The van der Waals surface area contributed by atoms with Gasteiger partial charge in [-0.15, -0.1) is 0 Å². The highest BCUT2D eigenvalue weighted by atomic mass is 16.7. The van der Waals surface area contributed by atoms with Crippen LogP contribution in [0.15, 0.2) is 18.2 Å². The summed E-state index contributed by atoms with van der Waals surface area (Å²) in [5.41, 5.74) is 7.35. The van der Waals surface area contributed by atoms with Gasteiger partial charge >= 0.3 is 0 Å². The molecule has 0 aromatic heterocycles. The summed E-state index contributed by atoms with van der Waals surface area (Å²) in [6.07, 6.45) is 0.962. The van der Waals surface area contributed by atoms with E-state index in [1.54, 1.807) is 12.2 Å². The minimum atomic E-state index is 0.650. The van der Waals surface area contributed by atoms with Crippen molar-refractivity contribution in [1.29, 1.82) is 0 Å². The van der Waals surface area contributed by atoms with Crippen LogP contribution in [0.1, 0.15) is 13.3 Å². The fourth-order valence-corrected chi connectivity index (χ4v) is 1.16. The number of anilines is 2. The summed E-state index contributed by atoms with van der Waals surface area (Å²) in [7, 11) is 3.44. The van der Waals surface area contributed by atoms with Crippen molar-refractivity contribution < 1.29 is 9.57 Å². The summed E-state index contributed by atoms with van der Waals surface area (Å²) in [5, 5.41) is 1.65. The van der Waals surface area contributed by atoms with Gasteiger partial charge in [0.1, 0.15) is 5.75 Å². The van der Waals surface area contributed by atoms with Gasteiger partial charge in [0.25, 0.3) is 0 Å². The lowest BCUT2D eigenvalue weighted by Crippen LogP contribution is -2.14. The van der Waals surface area contributed by atoms with Gasteiger partial charge in [0.2, 0.25) is 0 Å². The minimum absolute atomic E-state index is 0.650. The van der Waals surface area contributed by atoms with Gasteiger partial charge in [-0.05, 0) is 18.6 Å². The van der Waals surface area contributed by atoms with Gasteiger partial charge in [-0.1, -0.05) is 6.92 Å². The van der Waals surface area contributed by atoms with Gasteiger partial charge in [0.15, 0.2) is 0 Å². The molecule has 4 heteroatoms. The molecule has 0 aliphatic heterocycles. The molecule has 84 valence electrons. The molecule has 0 atom stereocenters. The second kappa shape index (κ2) is 5.46. The molecule has 15 heavy (non-hydrogen) atoms. The number of hydroxylamine groups is 1. The van der Waals surface area contributed by atoms with Gasteiger partial charge in [0.05, 0.1) is 25.1 Å². The van der Waals surface area contributed by atoms with E-state index in [-0.39, 0.29) is 0 Å². The summed E-state index contributed by atoms with van der Waals surface area (Å²) < 4.78 is 5.51. The van der Waals surface area contributed by atoms with Crippen molar-refractivity contribution >= 4 is 11.4 Å². The van der Waals surface area contributed by atoms with Crippen LogP contribution in [0.2, 0.25) is 0 Å². The van der Waals surface area contributed by atoms with Gasteiger partial charge in [-0.25, -0.2) is 0 Å². The molecule has 1 aromatic carbocycles. The average Bonchev–Trinajstić information content (AvgIpc) is 2.27. The van der Waals surface area contributed by atoms with Crippen molar-refractivity contribution in [3.8, 4) is 5.75 Å². The molecule has 1 aromatic rings. The van der Waals surface area contributed by atoms with E-state index in [4.69, 9.17) is 15.3 Å². The van der Waals surface area contributed by atoms with Crippen molar-refractivity contribution in [2.45, 2.75) is 13.3 Å². The predicted molar refractivity (Wildman–Crippen MR) is 62.1 cm³/mol. The zero-order valence-corrected chi connectivity index (χ0v) is 9.49. The molecule has 0 bridgehead atoms. The Morgan fingerprint density at radius 3 is 2.73 bits per heavy atom. The number of benzene rings is 1. The monoisotopic (exact) mass is 210 g/mol. The third-order valence-electron chi connectivity index (χ3n) is 2.10. The molecular formula is C11H18N2O2. The van der Waals surface area contributed by atoms with Crippen molar-refractivity contribution in [1.82, 2.24) is 0 Å². The normalized spacial score (nSPS) is 10.1. The Balaban J connectivity index is 2.84. The van der Waals surface area contributed by atoms with Crippen LogP contribution in [0.3, 0.4) is 0 Å². The predicted octanol–water partition coefficient (Wildman–Crippen LogP) is 2.06. The largest absolute Gasteiger partial charge is 0.491 e. The number of rotatable bonds is 5. The van der Waals surface area contributed by atoms with Crippen molar-refractivity contribution in [2.75, 3.05) is 31.6 Å². The highest BCUT2D eigenvalue weighted by Gasteiger charge is 2.05. The first-order valence-electron chi connectivity index (χ1n) is 4.99. The Morgan fingerprint density at radius 1 is 1.40 bits per heavy atom. The van der Waals surface area contributed by atoms with Crippen LogP contribution in [0.5, 0.6) is 5.75 Å². The summed E-state index contributed by atoms with van der Waals surface area (Å²) in [4.78, 5) is 5.07. The average molecular weight is 210 g/mol. The maximum atomic E-state index is 5.79. The topological polar surface area (TPSA) is 47.7 Å². The van der Waals surface area contributed by atoms with E-state index >= 15 is 0 Å². The molecule has 0 fully saturated rings. The first-order chi connectivity index (χ1) is 7.19. The van der Waals surface area contributed by atoms with E-state index in [1.165, 1.54) is 0 Å². The zero-order chi connectivity index (χ0) is 11.3. The molecule has 4 nitrogen and oxygen atoms in total.